The van der Waals surface area contributed by atoms with Gasteiger partial charge in [-0.2, -0.15) is 5.26 Å². The minimum Gasteiger partial charge on any atom is -0.366 e. The third-order valence-electron chi connectivity index (χ3n) is 3.55. The third kappa shape index (κ3) is 4.69. The first-order valence-electron chi connectivity index (χ1n) is 7.56. The summed E-state index contributed by atoms with van der Waals surface area (Å²) in [4.78, 5) is 23.3. The van der Waals surface area contributed by atoms with Crippen LogP contribution in [-0.2, 0) is 4.79 Å². The Hall–Kier alpha value is -3.59. The molecule has 6 nitrogen and oxygen atoms in total. The minimum atomic E-state index is -0.521. The normalized spacial score (nSPS) is 10.7. The number of primary amides is 1. The van der Waals surface area contributed by atoms with Crippen LogP contribution in [0.25, 0.3) is 0 Å². The Labute approximate surface area is 146 Å². The highest BCUT2D eigenvalue weighted by atomic mass is 16.2. The summed E-state index contributed by atoms with van der Waals surface area (Å²) in [5.74, 6) is -1.02. The summed E-state index contributed by atoms with van der Waals surface area (Å²) in [5.41, 5.74) is 8.77. The zero-order chi connectivity index (χ0) is 18.4. The lowest BCUT2D eigenvalue weighted by Crippen LogP contribution is -2.15. The van der Waals surface area contributed by atoms with Gasteiger partial charge in [0.15, 0.2) is 0 Å². The van der Waals surface area contributed by atoms with Crippen LogP contribution in [0.5, 0.6) is 0 Å². The second kappa shape index (κ2) is 7.79. The molecule has 4 N–H and O–H groups in total. The SMILES string of the molecule is Cc1ccc(NC(=O)/C(C#N)=C\Nc2ccc(C(N)=O)cc2)c(C)c1. The molecule has 2 aromatic carbocycles. The number of carbonyl (C=O) groups is 2. The van der Waals surface area contributed by atoms with Gasteiger partial charge in [0.25, 0.3) is 5.91 Å². The standard InChI is InChI=1S/C19H18N4O2/c1-12-3-8-17(13(2)9-12)23-19(25)15(10-20)11-22-16-6-4-14(5-7-16)18(21)24/h3-9,11,22H,1-2H3,(H2,21,24)(H,23,25)/b15-11-. The zero-order valence-electron chi connectivity index (χ0n) is 14.0. The second-order valence-electron chi connectivity index (χ2n) is 5.53. The van der Waals surface area contributed by atoms with Crippen LogP contribution in [0.15, 0.2) is 54.2 Å². The lowest BCUT2D eigenvalue weighted by molar-refractivity contribution is -0.112. The molecule has 0 fully saturated rings. The minimum absolute atomic E-state index is 0.0704. The van der Waals surface area contributed by atoms with E-state index in [1.165, 1.54) is 6.20 Å². The molecule has 0 atom stereocenters. The molecule has 2 rings (SSSR count). The average molecular weight is 334 g/mol. The quantitative estimate of drug-likeness (QED) is 0.577. The Morgan fingerprint density at radius 3 is 2.36 bits per heavy atom. The Balaban J connectivity index is 2.09. The van der Waals surface area contributed by atoms with E-state index in [1.54, 1.807) is 30.3 Å². The van der Waals surface area contributed by atoms with E-state index in [0.717, 1.165) is 11.1 Å². The fourth-order valence-electron chi connectivity index (χ4n) is 2.18. The predicted molar refractivity (Wildman–Crippen MR) is 96.8 cm³/mol. The summed E-state index contributed by atoms with van der Waals surface area (Å²) >= 11 is 0. The molecule has 0 heterocycles. The van der Waals surface area contributed by atoms with Crippen molar-refractivity contribution in [3.8, 4) is 6.07 Å². The molecule has 0 aliphatic heterocycles. The number of hydrogen-bond acceptors (Lipinski definition) is 4. The number of hydrogen-bond donors (Lipinski definition) is 3. The number of nitrogens with two attached hydrogens (primary N) is 1. The Morgan fingerprint density at radius 2 is 1.80 bits per heavy atom. The number of nitrogens with zero attached hydrogens (tertiary/aromatic N) is 1. The smallest absolute Gasteiger partial charge is 0.267 e. The van der Waals surface area contributed by atoms with Gasteiger partial charge in [0.05, 0.1) is 0 Å². The number of benzene rings is 2. The number of aryl methyl sites for hydroxylation is 2. The molecule has 0 saturated heterocycles. The summed E-state index contributed by atoms with van der Waals surface area (Å²) in [5, 5.41) is 14.8. The molecule has 0 unspecified atom stereocenters. The van der Waals surface area contributed by atoms with E-state index in [4.69, 9.17) is 5.73 Å². The van der Waals surface area contributed by atoms with Crippen LogP contribution >= 0.6 is 0 Å². The number of carbonyl (C=O) groups excluding carboxylic acids is 2. The highest BCUT2D eigenvalue weighted by Gasteiger charge is 2.10. The summed E-state index contributed by atoms with van der Waals surface area (Å²) in [6, 6.07) is 13.9. The largest absolute Gasteiger partial charge is 0.366 e. The number of amides is 2. The van der Waals surface area contributed by atoms with E-state index in [9.17, 15) is 14.9 Å². The number of anilines is 2. The molecule has 126 valence electrons. The molecule has 0 bridgehead atoms. The molecule has 0 radical (unpaired) electrons. The van der Waals surface area contributed by atoms with Gasteiger partial charge in [-0.05, 0) is 49.7 Å². The maximum atomic E-state index is 12.2. The summed E-state index contributed by atoms with van der Waals surface area (Å²) in [6.07, 6.45) is 1.32. The van der Waals surface area contributed by atoms with Crippen molar-refractivity contribution in [3.63, 3.8) is 0 Å². The van der Waals surface area contributed by atoms with Crippen molar-refractivity contribution in [3.05, 3.63) is 70.9 Å². The van der Waals surface area contributed by atoms with Crippen LogP contribution in [-0.4, -0.2) is 11.8 Å². The first kappa shape index (κ1) is 17.8. The molecule has 6 heteroatoms. The van der Waals surface area contributed by atoms with Crippen molar-refractivity contribution in [2.24, 2.45) is 5.73 Å². The van der Waals surface area contributed by atoms with E-state index in [-0.39, 0.29) is 5.57 Å². The first-order chi connectivity index (χ1) is 11.9. The molecule has 0 aromatic heterocycles. The number of rotatable bonds is 5. The van der Waals surface area contributed by atoms with Crippen LogP contribution < -0.4 is 16.4 Å². The molecule has 0 spiro atoms. The van der Waals surface area contributed by atoms with Gasteiger partial charge in [0.2, 0.25) is 5.91 Å². The fraction of sp³-hybridized carbons (Fsp3) is 0.105. The highest BCUT2D eigenvalue weighted by molar-refractivity contribution is 6.07. The van der Waals surface area contributed by atoms with Crippen LogP contribution in [0, 0.1) is 25.2 Å². The lowest BCUT2D eigenvalue weighted by atomic mass is 10.1. The van der Waals surface area contributed by atoms with Gasteiger partial charge in [-0.1, -0.05) is 17.7 Å². The molecule has 0 aliphatic carbocycles. The van der Waals surface area contributed by atoms with Crippen molar-refractivity contribution >= 4 is 23.2 Å². The number of nitrogens with one attached hydrogen (secondary N) is 2. The third-order valence-corrected chi connectivity index (χ3v) is 3.55. The topological polar surface area (TPSA) is 108 Å². The molecule has 2 amide bonds. The zero-order valence-corrected chi connectivity index (χ0v) is 14.0. The van der Waals surface area contributed by atoms with E-state index in [2.05, 4.69) is 10.6 Å². The second-order valence-corrected chi connectivity index (χ2v) is 5.53. The molecule has 0 aliphatic rings. The molecule has 0 saturated carbocycles. The molecule has 25 heavy (non-hydrogen) atoms. The predicted octanol–water partition coefficient (Wildman–Crippen LogP) is 2.86. The van der Waals surface area contributed by atoms with Gasteiger partial charge >= 0.3 is 0 Å². The van der Waals surface area contributed by atoms with Crippen molar-refractivity contribution in [1.29, 1.82) is 5.26 Å². The van der Waals surface area contributed by atoms with Gasteiger partial charge in [-0.25, -0.2) is 0 Å². The lowest BCUT2D eigenvalue weighted by Gasteiger charge is -2.09. The van der Waals surface area contributed by atoms with Crippen molar-refractivity contribution < 1.29 is 9.59 Å². The molecular weight excluding hydrogens is 316 g/mol. The van der Waals surface area contributed by atoms with Crippen LogP contribution in [0.4, 0.5) is 11.4 Å². The summed E-state index contributed by atoms with van der Waals surface area (Å²) in [6.45, 7) is 3.85. The van der Waals surface area contributed by atoms with Crippen LogP contribution in [0.1, 0.15) is 21.5 Å². The fourth-order valence-corrected chi connectivity index (χ4v) is 2.18. The van der Waals surface area contributed by atoms with Crippen LogP contribution in [0.2, 0.25) is 0 Å². The van der Waals surface area contributed by atoms with Crippen LogP contribution in [0.3, 0.4) is 0 Å². The van der Waals surface area contributed by atoms with Gasteiger partial charge < -0.3 is 16.4 Å². The summed E-state index contributed by atoms with van der Waals surface area (Å²) < 4.78 is 0. The van der Waals surface area contributed by atoms with E-state index in [1.807, 2.05) is 32.0 Å². The van der Waals surface area contributed by atoms with E-state index < -0.39 is 11.8 Å². The van der Waals surface area contributed by atoms with Crippen molar-refractivity contribution in [2.75, 3.05) is 10.6 Å². The Morgan fingerprint density at radius 1 is 1.12 bits per heavy atom. The molecular formula is C19H18N4O2. The van der Waals surface area contributed by atoms with Crippen molar-refractivity contribution in [2.45, 2.75) is 13.8 Å². The van der Waals surface area contributed by atoms with E-state index in [0.29, 0.717) is 16.9 Å². The average Bonchev–Trinajstić information content (AvgIpc) is 2.58. The van der Waals surface area contributed by atoms with Gasteiger partial charge in [0, 0.05) is 23.1 Å². The highest BCUT2D eigenvalue weighted by Crippen LogP contribution is 2.17. The first-order valence-corrected chi connectivity index (χ1v) is 7.56. The maximum absolute atomic E-state index is 12.2. The van der Waals surface area contributed by atoms with E-state index >= 15 is 0 Å². The Bertz CT molecular complexity index is 877. The number of nitriles is 1. The molecule has 2 aromatic rings. The van der Waals surface area contributed by atoms with Gasteiger partial charge in [0.1, 0.15) is 11.6 Å². The van der Waals surface area contributed by atoms with Crippen molar-refractivity contribution in [1.82, 2.24) is 0 Å². The Kier molecular flexibility index (Phi) is 5.54. The summed E-state index contributed by atoms with van der Waals surface area (Å²) in [7, 11) is 0. The maximum Gasteiger partial charge on any atom is 0.267 e. The van der Waals surface area contributed by atoms with Gasteiger partial charge in [-0.3, -0.25) is 9.59 Å². The van der Waals surface area contributed by atoms with Gasteiger partial charge in [-0.15, -0.1) is 0 Å². The monoisotopic (exact) mass is 334 g/mol.